The van der Waals surface area contributed by atoms with Crippen LogP contribution in [0.1, 0.15) is 0 Å². The molecule has 1 saturated heterocycles. The van der Waals surface area contributed by atoms with Gasteiger partial charge in [0.25, 0.3) is 0 Å². The molecular formula is C11H12N2O. The summed E-state index contributed by atoms with van der Waals surface area (Å²) in [6.45, 7) is 2.34. The molecule has 0 unspecified atom stereocenters. The van der Waals surface area contributed by atoms with E-state index in [0.717, 1.165) is 18.8 Å². The third-order valence-electron chi connectivity index (χ3n) is 2.32. The number of anilines is 1. The number of nitrogens with zero attached hydrogens (tertiary/aromatic N) is 1. The highest BCUT2D eigenvalue weighted by Gasteiger charge is 2.16. The zero-order valence-corrected chi connectivity index (χ0v) is 7.86. The number of para-hydroxylation sites is 1. The Morgan fingerprint density at radius 2 is 2.07 bits per heavy atom. The van der Waals surface area contributed by atoms with Gasteiger partial charge >= 0.3 is 0 Å². The van der Waals surface area contributed by atoms with E-state index < -0.39 is 0 Å². The Hall–Kier alpha value is -1.57. The van der Waals surface area contributed by atoms with Crippen molar-refractivity contribution in [2.24, 2.45) is 0 Å². The Morgan fingerprint density at radius 3 is 2.79 bits per heavy atom. The minimum atomic E-state index is 0.610. The lowest BCUT2D eigenvalue weighted by atomic mass is 10.2. The van der Waals surface area contributed by atoms with E-state index in [1.807, 2.05) is 41.2 Å². The summed E-state index contributed by atoms with van der Waals surface area (Å²) in [4.78, 5) is 12.7. The Balaban J connectivity index is 2.28. The Morgan fingerprint density at radius 1 is 1.29 bits per heavy atom. The molecule has 1 aromatic rings. The zero-order chi connectivity index (χ0) is 9.80. The molecular weight excluding hydrogens is 176 g/mol. The average molecular weight is 188 g/mol. The maximum Gasteiger partial charge on any atom is 0.147 e. The van der Waals surface area contributed by atoms with Crippen LogP contribution in [0.2, 0.25) is 0 Å². The molecule has 1 heterocycles. The molecule has 2 rings (SSSR count). The van der Waals surface area contributed by atoms with E-state index in [-0.39, 0.29) is 0 Å². The molecule has 1 fully saturated rings. The SMILES string of the molecule is O=C=C1CNCCN1c1ccccc1. The molecule has 0 aliphatic carbocycles. The van der Waals surface area contributed by atoms with Crippen molar-refractivity contribution in [3.63, 3.8) is 0 Å². The van der Waals surface area contributed by atoms with Crippen molar-refractivity contribution in [2.45, 2.75) is 0 Å². The summed E-state index contributed by atoms with van der Waals surface area (Å²) in [6.07, 6.45) is 0. The fraction of sp³-hybridized carbons (Fsp3) is 0.273. The van der Waals surface area contributed by atoms with E-state index >= 15 is 0 Å². The standard InChI is InChI=1S/C11H12N2O/c14-9-11-8-12-6-7-13(11)10-4-2-1-3-5-10/h1-5,12H,6-8H2. The molecule has 1 aliphatic rings. The van der Waals surface area contributed by atoms with Crippen molar-refractivity contribution in [2.75, 3.05) is 24.5 Å². The van der Waals surface area contributed by atoms with E-state index in [4.69, 9.17) is 0 Å². The normalized spacial score (nSPS) is 16.6. The lowest BCUT2D eigenvalue weighted by Gasteiger charge is -2.29. The minimum Gasteiger partial charge on any atom is -0.333 e. The van der Waals surface area contributed by atoms with Crippen molar-refractivity contribution in [1.82, 2.24) is 5.32 Å². The molecule has 1 N–H and O–H groups in total. The number of piperazine rings is 1. The van der Waals surface area contributed by atoms with E-state index in [9.17, 15) is 4.79 Å². The van der Waals surface area contributed by atoms with Crippen molar-refractivity contribution in [3.8, 4) is 0 Å². The van der Waals surface area contributed by atoms with E-state index in [0.29, 0.717) is 12.2 Å². The highest BCUT2D eigenvalue weighted by molar-refractivity contribution is 5.65. The number of rotatable bonds is 1. The largest absolute Gasteiger partial charge is 0.333 e. The summed E-state index contributed by atoms with van der Waals surface area (Å²) >= 11 is 0. The summed E-state index contributed by atoms with van der Waals surface area (Å²) in [6, 6.07) is 9.92. The highest BCUT2D eigenvalue weighted by atomic mass is 16.1. The number of carbonyl (C=O) groups excluding carboxylic acids is 1. The number of hydrogen-bond acceptors (Lipinski definition) is 3. The summed E-state index contributed by atoms with van der Waals surface area (Å²) in [5.74, 6) is 1.98. The van der Waals surface area contributed by atoms with Gasteiger partial charge < -0.3 is 10.2 Å². The monoisotopic (exact) mass is 188 g/mol. The van der Waals surface area contributed by atoms with Gasteiger partial charge in [-0.15, -0.1) is 0 Å². The second-order valence-corrected chi connectivity index (χ2v) is 3.21. The van der Waals surface area contributed by atoms with Gasteiger partial charge in [0.15, 0.2) is 0 Å². The molecule has 3 heteroatoms. The van der Waals surface area contributed by atoms with Gasteiger partial charge in [0.2, 0.25) is 0 Å². The molecule has 0 saturated carbocycles. The topological polar surface area (TPSA) is 32.3 Å². The van der Waals surface area contributed by atoms with Crippen LogP contribution in [-0.4, -0.2) is 25.6 Å². The maximum atomic E-state index is 10.7. The fourth-order valence-electron chi connectivity index (χ4n) is 1.61. The van der Waals surface area contributed by atoms with Crippen LogP contribution in [-0.2, 0) is 4.79 Å². The summed E-state index contributed by atoms with van der Waals surface area (Å²) < 4.78 is 0. The first kappa shape index (κ1) is 9.00. The molecule has 0 atom stereocenters. The predicted octanol–water partition coefficient (Wildman–Crippen LogP) is 0.812. The van der Waals surface area contributed by atoms with Crippen molar-refractivity contribution in [3.05, 3.63) is 36.0 Å². The Kier molecular flexibility index (Phi) is 2.63. The number of benzene rings is 1. The Labute approximate surface area is 83.0 Å². The molecule has 1 aromatic carbocycles. The smallest absolute Gasteiger partial charge is 0.147 e. The molecule has 0 radical (unpaired) electrons. The molecule has 14 heavy (non-hydrogen) atoms. The lowest BCUT2D eigenvalue weighted by molar-refractivity contribution is 0.559. The highest BCUT2D eigenvalue weighted by Crippen LogP contribution is 2.17. The van der Waals surface area contributed by atoms with Crippen LogP contribution in [0.25, 0.3) is 0 Å². The van der Waals surface area contributed by atoms with Crippen LogP contribution < -0.4 is 10.2 Å². The van der Waals surface area contributed by atoms with E-state index in [1.165, 1.54) is 0 Å². The minimum absolute atomic E-state index is 0.610. The van der Waals surface area contributed by atoms with Gasteiger partial charge in [-0.1, -0.05) is 18.2 Å². The van der Waals surface area contributed by atoms with Gasteiger partial charge in [0.05, 0.1) is 0 Å². The van der Waals surface area contributed by atoms with Crippen LogP contribution in [0.5, 0.6) is 0 Å². The summed E-state index contributed by atoms with van der Waals surface area (Å²) in [5.41, 5.74) is 1.75. The van der Waals surface area contributed by atoms with Gasteiger partial charge in [-0.3, -0.25) is 0 Å². The average Bonchev–Trinajstić information content (AvgIpc) is 2.30. The van der Waals surface area contributed by atoms with E-state index in [2.05, 4.69) is 5.32 Å². The third-order valence-corrected chi connectivity index (χ3v) is 2.32. The lowest BCUT2D eigenvalue weighted by Crippen LogP contribution is -2.42. The molecule has 0 amide bonds. The van der Waals surface area contributed by atoms with Crippen LogP contribution in [0.3, 0.4) is 0 Å². The van der Waals surface area contributed by atoms with Gasteiger partial charge in [-0.2, -0.15) is 0 Å². The van der Waals surface area contributed by atoms with Gasteiger partial charge in [-0.25, -0.2) is 4.79 Å². The second kappa shape index (κ2) is 4.09. The molecule has 0 aromatic heterocycles. The van der Waals surface area contributed by atoms with Crippen molar-refractivity contribution >= 4 is 11.6 Å². The zero-order valence-electron chi connectivity index (χ0n) is 7.86. The van der Waals surface area contributed by atoms with E-state index in [1.54, 1.807) is 0 Å². The molecule has 72 valence electrons. The van der Waals surface area contributed by atoms with Crippen LogP contribution in [0.4, 0.5) is 5.69 Å². The first-order valence-corrected chi connectivity index (χ1v) is 4.69. The van der Waals surface area contributed by atoms with Gasteiger partial charge in [0.1, 0.15) is 11.6 Å². The first-order valence-electron chi connectivity index (χ1n) is 4.69. The van der Waals surface area contributed by atoms with Gasteiger partial charge in [0, 0.05) is 25.3 Å². The Bertz CT molecular complexity index is 355. The number of hydrogen-bond donors (Lipinski definition) is 1. The molecule has 0 bridgehead atoms. The first-order chi connectivity index (χ1) is 6.92. The molecule has 0 spiro atoms. The second-order valence-electron chi connectivity index (χ2n) is 3.21. The summed E-state index contributed by atoms with van der Waals surface area (Å²) in [7, 11) is 0. The quantitative estimate of drug-likeness (QED) is 0.662. The third kappa shape index (κ3) is 1.69. The van der Waals surface area contributed by atoms with Gasteiger partial charge in [-0.05, 0) is 12.1 Å². The fourth-order valence-corrected chi connectivity index (χ4v) is 1.61. The molecule has 1 aliphatic heterocycles. The molecule has 3 nitrogen and oxygen atoms in total. The number of nitrogens with one attached hydrogen (secondary N) is 1. The van der Waals surface area contributed by atoms with Crippen molar-refractivity contribution in [1.29, 1.82) is 0 Å². The maximum absolute atomic E-state index is 10.7. The predicted molar refractivity (Wildman–Crippen MR) is 55.9 cm³/mol. The summed E-state index contributed by atoms with van der Waals surface area (Å²) in [5, 5.41) is 3.14. The van der Waals surface area contributed by atoms with Crippen LogP contribution in [0.15, 0.2) is 36.0 Å². The van der Waals surface area contributed by atoms with Crippen LogP contribution in [0, 0.1) is 0 Å². The van der Waals surface area contributed by atoms with Crippen LogP contribution >= 0.6 is 0 Å². The van der Waals surface area contributed by atoms with Crippen molar-refractivity contribution < 1.29 is 4.79 Å².